The molecule has 9 nitrogen and oxygen atoms in total. The fourth-order valence-electron chi connectivity index (χ4n) is 6.88. The molecule has 0 bridgehead atoms. The van der Waals surface area contributed by atoms with Crippen LogP contribution in [0.15, 0.2) is 58.4 Å². The van der Waals surface area contributed by atoms with Crippen LogP contribution in [0.3, 0.4) is 0 Å². The van der Waals surface area contributed by atoms with E-state index in [0.717, 1.165) is 24.8 Å². The molecule has 2 aliphatic rings. The van der Waals surface area contributed by atoms with Gasteiger partial charge in [-0.15, -0.1) is 0 Å². The van der Waals surface area contributed by atoms with Gasteiger partial charge in [0.1, 0.15) is 11.4 Å². The average molecular weight is 680 g/mol. The number of rotatable bonds is 11. The summed E-state index contributed by atoms with van der Waals surface area (Å²) in [6, 6.07) is 13.5. The van der Waals surface area contributed by atoms with Crippen LogP contribution < -0.4 is 5.32 Å². The van der Waals surface area contributed by atoms with Crippen molar-refractivity contribution in [2.75, 3.05) is 6.54 Å². The van der Waals surface area contributed by atoms with Crippen LogP contribution in [0.4, 0.5) is 0 Å². The van der Waals surface area contributed by atoms with Crippen LogP contribution in [0.25, 0.3) is 0 Å². The molecule has 2 amide bonds. The van der Waals surface area contributed by atoms with Gasteiger partial charge in [0.15, 0.2) is 9.84 Å². The number of nitrogens with one attached hydrogen (secondary N) is 1. The van der Waals surface area contributed by atoms with Crippen molar-refractivity contribution >= 4 is 33.3 Å². The second-order valence-corrected chi connectivity index (χ2v) is 18.5. The zero-order chi connectivity index (χ0) is 35.7. The van der Waals surface area contributed by atoms with Crippen molar-refractivity contribution in [1.29, 1.82) is 0 Å². The first-order chi connectivity index (χ1) is 22.2. The van der Waals surface area contributed by atoms with Gasteiger partial charge >= 0.3 is 5.97 Å². The normalized spacial score (nSPS) is 21.0. The van der Waals surface area contributed by atoms with Crippen molar-refractivity contribution in [1.82, 2.24) is 10.2 Å². The Kier molecular flexibility index (Phi) is 11.0. The summed E-state index contributed by atoms with van der Waals surface area (Å²) in [6.07, 6.45) is 4.56. The van der Waals surface area contributed by atoms with Gasteiger partial charge in [0.25, 0.3) is 11.8 Å². The fraction of sp³-hybridized carbons (Fsp3) is 0.579. The Morgan fingerprint density at radius 1 is 1.02 bits per heavy atom. The topological polar surface area (TPSA) is 133 Å². The third-order valence-corrected chi connectivity index (χ3v) is 12.1. The zero-order valence-electron chi connectivity index (χ0n) is 29.8. The van der Waals surface area contributed by atoms with Gasteiger partial charge in [-0.1, -0.05) is 65.8 Å². The van der Waals surface area contributed by atoms with E-state index in [1.807, 2.05) is 17.0 Å². The maximum Gasteiger partial charge on any atom is 0.305 e. The molecule has 1 aliphatic carbocycles. The monoisotopic (exact) mass is 679 g/mol. The molecular formula is C38H53N3O6S. The third-order valence-electron chi connectivity index (χ3n) is 9.92. The summed E-state index contributed by atoms with van der Waals surface area (Å²) < 4.78 is 26.2. The average Bonchev–Trinajstić information content (AvgIpc) is 3.27. The molecule has 1 fully saturated rings. The highest BCUT2D eigenvalue weighted by atomic mass is 32.2. The zero-order valence-corrected chi connectivity index (χ0v) is 30.6. The van der Waals surface area contributed by atoms with Gasteiger partial charge in [-0.3, -0.25) is 19.4 Å². The molecule has 2 aromatic rings. The van der Waals surface area contributed by atoms with Crippen molar-refractivity contribution in [2.45, 2.75) is 122 Å². The Morgan fingerprint density at radius 2 is 1.65 bits per heavy atom. The van der Waals surface area contributed by atoms with E-state index < -0.39 is 26.7 Å². The molecule has 1 heterocycles. The van der Waals surface area contributed by atoms with Crippen molar-refractivity contribution in [3.8, 4) is 0 Å². The van der Waals surface area contributed by atoms with Gasteiger partial charge in [0, 0.05) is 17.7 Å². The summed E-state index contributed by atoms with van der Waals surface area (Å²) in [4.78, 5) is 45.8. The standard InChI is InChI=1S/C38H53N3O6S/c1-25(2)48(46,47)30-11-9-10-28(24-30)33-35(45)41(38(40-33)21-16-29(17-22-38)37(6,7)8)31(18-20-36(3,4)5)26-12-14-27(15-13-26)34(44)39-23-19-32(42)43/h9-15,24-25,29,31H,16-23H2,1-8H3,(H,39,44)(H,42,43). The van der Waals surface area contributed by atoms with Gasteiger partial charge in [0.05, 0.1) is 22.6 Å². The lowest BCUT2D eigenvalue weighted by molar-refractivity contribution is -0.137. The molecule has 0 radical (unpaired) electrons. The molecule has 0 saturated heterocycles. The molecule has 1 aliphatic heterocycles. The Hall–Kier alpha value is -3.53. The maximum atomic E-state index is 14.8. The molecule has 1 atom stereocenters. The van der Waals surface area contributed by atoms with E-state index >= 15 is 0 Å². The Labute approximate surface area is 286 Å². The third kappa shape index (κ3) is 8.36. The molecular weight excluding hydrogens is 627 g/mol. The smallest absolute Gasteiger partial charge is 0.305 e. The number of aliphatic imine (C=N–C) groups is 1. The first kappa shape index (κ1) is 37.3. The van der Waals surface area contributed by atoms with Crippen LogP contribution in [0.2, 0.25) is 0 Å². The minimum atomic E-state index is -3.56. The lowest BCUT2D eigenvalue weighted by atomic mass is 9.69. The van der Waals surface area contributed by atoms with Crippen LogP contribution >= 0.6 is 0 Å². The minimum absolute atomic E-state index is 0.00866. The number of hydrogen-bond donors (Lipinski definition) is 2. The number of aliphatic carboxylic acids is 1. The van der Waals surface area contributed by atoms with Crippen LogP contribution in [-0.2, 0) is 19.4 Å². The molecule has 1 saturated carbocycles. The molecule has 1 spiro atoms. The van der Waals surface area contributed by atoms with Crippen LogP contribution in [0, 0.1) is 16.7 Å². The van der Waals surface area contributed by atoms with Gasteiger partial charge in [-0.2, -0.15) is 0 Å². The lowest BCUT2D eigenvalue weighted by Crippen LogP contribution is -2.51. The lowest BCUT2D eigenvalue weighted by Gasteiger charge is -2.47. The summed E-state index contributed by atoms with van der Waals surface area (Å²) >= 11 is 0. The highest BCUT2D eigenvalue weighted by Crippen LogP contribution is 2.50. The van der Waals surface area contributed by atoms with E-state index in [1.165, 1.54) is 0 Å². The van der Waals surface area contributed by atoms with Crippen molar-refractivity contribution < 1.29 is 27.9 Å². The highest BCUT2D eigenvalue weighted by Gasteiger charge is 2.52. The van der Waals surface area contributed by atoms with Crippen LogP contribution in [-0.4, -0.2) is 59.4 Å². The number of carboxylic acid groups (broad SMARTS) is 1. The van der Waals surface area contributed by atoms with E-state index in [1.54, 1.807) is 50.2 Å². The molecule has 1 unspecified atom stereocenters. The summed E-state index contributed by atoms with van der Waals surface area (Å²) in [5.41, 5.74) is 1.42. The highest BCUT2D eigenvalue weighted by molar-refractivity contribution is 7.92. The predicted octanol–water partition coefficient (Wildman–Crippen LogP) is 7.20. The Morgan fingerprint density at radius 3 is 2.19 bits per heavy atom. The molecule has 4 rings (SSSR count). The van der Waals surface area contributed by atoms with Crippen molar-refractivity contribution in [2.24, 2.45) is 21.7 Å². The predicted molar refractivity (Wildman–Crippen MR) is 189 cm³/mol. The van der Waals surface area contributed by atoms with E-state index in [0.29, 0.717) is 42.0 Å². The van der Waals surface area contributed by atoms with Crippen LogP contribution in [0.1, 0.15) is 128 Å². The Bertz CT molecular complexity index is 1640. The SMILES string of the molecule is CC(C)S(=O)(=O)c1cccc(C2=NC3(CCC(C(C)(C)C)CC3)N(C(CCC(C)(C)C)c3ccc(C(=O)NCCC(=O)O)cc3)C2=O)c1. The number of hydrogen-bond acceptors (Lipinski definition) is 6. The van der Waals surface area contributed by atoms with E-state index in [-0.39, 0.29) is 46.5 Å². The maximum absolute atomic E-state index is 14.8. The first-order valence-corrected chi connectivity index (χ1v) is 18.7. The summed E-state index contributed by atoms with van der Waals surface area (Å²) in [7, 11) is -3.56. The molecule has 10 heteroatoms. The van der Waals surface area contributed by atoms with E-state index in [9.17, 15) is 22.8 Å². The van der Waals surface area contributed by atoms with Gasteiger partial charge < -0.3 is 15.3 Å². The second kappa shape index (κ2) is 14.1. The summed E-state index contributed by atoms with van der Waals surface area (Å²) in [5, 5.41) is 11.0. The molecule has 0 aromatic heterocycles. The van der Waals surface area contributed by atoms with Crippen molar-refractivity contribution in [3.05, 3.63) is 65.2 Å². The van der Waals surface area contributed by atoms with Gasteiger partial charge in [-0.05, 0) is 98.9 Å². The molecule has 2 N–H and O–H groups in total. The number of benzene rings is 2. The van der Waals surface area contributed by atoms with Gasteiger partial charge in [-0.25, -0.2) is 8.42 Å². The number of carbonyl (C=O) groups is 3. The van der Waals surface area contributed by atoms with E-state index in [2.05, 4.69) is 46.9 Å². The number of amides is 2. The molecule has 48 heavy (non-hydrogen) atoms. The first-order valence-electron chi connectivity index (χ1n) is 17.1. The van der Waals surface area contributed by atoms with Crippen molar-refractivity contribution in [3.63, 3.8) is 0 Å². The van der Waals surface area contributed by atoms with Crippen LogP contribution in [0.5, 0.6) is 0 Å². The van der Waals surface area contributed by atoms with Gasteiger partial charge in [0.2, 0.25) is 0 Å². The second-order valence-electron chi connectivity index (χ2n) is 16.0. The Balaban J connectivity index is 1.78. The van der Waals surface area contributed by atoms with E-state index in [4.69, 9.17) is 10.1 Å². The minimum Gasteiger partial charge on any atom is -0.481 e. The number of nitrogens with zero attached hydrogens (tertiary/aromatic N) is 2. The number of sulfone groups is 1. The largest absolute Gasteiger partial charge is 0.481 e. The molecule has 262 valence electrons. The summed E-state index contributed by atoms with van der Waals surface area (Å²) in [5.74, 6) is -1.07. The fourth-order valence-corrected chi connectivity index (χ4v) is 7.98. The quantitative estimate of drug-likeness (QED) is 0.258. The number of carbonyl (C=O) groups excluding carboxylic acids is 2. The molecule has 2 aromatic carbocycles. The number of carboxylic acids is 1. The summed E-state index contributed by atoms with van der Waals surface area (Å²) in [6.45, 7) is 16.6.